The van der Waals surface area contributed by atoms with E-state index in [2.05, 4.69) is 26.7 Å². The third-order valence-corrected chi connectivity index (χ3v) is 2.56. The lowest BCUT2D eigenvalue weighted by Gasteiger charge is -2.10. The third kappa shape index (κ3) is 7.06. The Labute approximate surface area is 134 Å². The number of carbonyl (C=O) groups is 1. The zero-order valence-corrected chi connectivity index (χ0v) is 12.9. The van der Waals surface area contributed by atoms with E-state index < -0.39 is 0 Å². The molecule has 0 bridgehead atoms. The van der Waals surface area contributed by atoms with E-state index >= 15 is 0 Å². The fraction of sp³-hybridized carbons (Fsp3) is 0.333. The number of terminal acetylenes is 1. The van der Waals surface area contributed by atoms with Gasteiger partial charge in [-0.3, -0.25) is 4.79 Å². The summed E-state index contributed by atoms with van der Waals surface area (Å²) in [5.74, 6) is 3.10. The zero-order chi connectivity index (χ0) is 16.9. The van der Waals surface area contributed by atoms with Crippen molar-refractivity contribution in [3.63, 3.8) is 0 Å². The number of nitrogens with two attached hydrogens (primary N) is 1. The minimum Gasteiger partial charge on any atom is -0.481 e. The lowest BCUT2D eigenvalue weighted by molar-refractivity contribution is 0.112. The van der Waals surface area contributed by atoms with Gasteiger partial charge < -0.3 is 20.5 Å². The molecule has 0 saturated heterocycles. The molecule has 23 heavy (non-hydrogen) atoms. The fourth-order valence-electron chi connectivity index (χ4n) is 1.50. The number of methoxy groups -OCH3 is 1. The molecule has 1 aromatic rings. The van der Waals surface area contributed by atoms with Gasteiger partial charge >= 0.3 is 0 Å². The second kappa shape index (κ2) is 10.8. The second-order valence-corrected chi connectivity index (χ2v) is 4.25. The van der Waals surface area contributed by atoms with Gasteiger partial charge in [0.05, 0.1) is 19.7 Å². The molecule has 0 saturated carbocycles. The minimum absolute atomic E-state index is 0.138. The molecule has 1 rings (SSSR count). The molecule has 0 spiro atoms. The number of amidine groups is 1. The number of ether oxygens (including phenoxy) is 2. The number of hydrogen-bond donors (Lipinski definition) is 2. The molecule has 0 fully saturated rings. The van der Waals surface area contributed by atoms with Crippen molar-refractivity contribution in [3.8, 4) is 18.1 Å². The maximum atomic E-state index is 11.1. The quantitative estimate of drug-likeness (QED) is 0.128. The first-order valence-corrected chi connectivity index (χ1v) is 6.78. The predicted octanol–water partition coefficient (Wildman–Crippen LogP) is 1.29. The van der Waals surface area contributed by atoms with Gasteiger partial charge in [-0.05, 0) is 23.4 Å². The monoisotopic (exact) mass is 317 g/mol. The average Bonchev–Trinajstić information content (AvgIpc) is 2.58. The van der Waals surface area contributed by atoms with Gasteiger partial charge in [-0.25, -0.2) is 0 Å². The molecule has 0 atom stereocenters. The molecule has 3 N–H and O–H groups in total. The van der Waals surface area contributed by atoms with Crippen LogP contribution in [-0.4, -0.2) is 45.5 Å². The molecular formula is C15H19N5O3. The molecular weight excluding hydrogens is 298 g/mol. The van der Waals surface area contributed by atoms with E-state index in [1.54, 1.807) is 25.3 Å². The van der Waals surface area contributed by atoms with Crippen LogP contribution in [0.1, 0.15) is 10.4 Å². The van der Waals surface area contributed by atoms with E-state index in [0.29, 0.717) is 36.4 Å². The molecule has 0 aliphatic heterocycles. The summed E-state index contributed by atoms with van der Waals surface area (Å²) < 4.78 is 10.1. The van der Waals surface area contributed by atoms with Crippen LogP contribution in [0.5, 0.6) is 5.75 Å². The van der Waals surface area contributed by atoms with E-state index in [1.807, 2.05) is 0 Å². The van der Waals surface area contributed by atoms with Crippen molar-refractivity contribution >= 4 is 17.8 Å². The van der Waals surface area contributed by atoms with Gasteiger partial charge in [0.15, 0.2) is 6.29 Å². The first-order valence-electron chi connectivity index (χ1n) is 6.78. The molecule has 0 aromatic heterocycles. The lowest BCUT2D eigenvalue weighted by Crippen LogP contribution is -2.22. The molecule has 0 heterocycles. The van der Waals surface area contributed by atoms with Crippen LogP contribution in [0.4, 0.5) is 5.69 Å². The van der Waals surface area contributed by atoms with Crippen LogP contribution in [-0.2, 0) is 4.74 Å². The highest BCUT2D eigenvalue weighted by Gasteiger charge is 2.04. The Hall–Kier alpha value is -2.92. The van der Waals surface area contributed by atoms with Crippen molar-refractivity contribution in [3.05, 3.63) is 23.8 Å². The van der Waals surface area contributed by atoms with Crippen molar-refractivity contribution in [2.75, 3.05) is 38.7 Å². The second-order valence-electron chi connectivity index (χ2n) is 4.25. The van der Waals surface area contributed by atoms with Crippen LogP contribution in [0.3, 0.4) is 0 Å². The van der Waals surface area contributed by atoms with Crippen LogP contribution in [0.2, 0.25) is 0 Å². The van der Waals surface area contributed by atoms with Gasteiger partial charge in [0.1, 0.15) is 18.2 Å². The highest BCUT2D eigenvalue weighted by atomic mass is 16.5. The number of aldehydes is 1. The number of benzene rings is 1. The molecule has 0 amide bonds. The van der Waals surface area contributed by atoms with Gasteiger partial charge in [0.2, 0.25) is 0 Å². The largest absolute Gasteiger partial charge is 0.481 e. The number of carbonyl (C=O) groups excluding carboxylic acids is 1. The number of anilines is 1. The molecule has 122 valence electrons. The summed E-state index contributed by atoms with van der Waals surface area (Å²) in [5.41, 5.74) is 6.72. The fourth-order valence-corrected chi connectivity index (χ4v) is 1.50. The molecule has 0 radical (unpaired) electrons. The van der Waals surface area contributed by atoms with E-state index in [-0.39, 0.29) is 19.0 Å². The van der Waals surface area contributed by atoms with Gasteiger partial charge in [-0.15, -0.1) is 11.5 Å². The summed E-state index contributed by atoms with van der Waals surface area (Å²) in [6, 6.07) is 4.98. The summed E-state index contributed by atoms with van der Waals surface area (Å²) in [5, 5.41) is 14.0. The van der Waals surface area contributed by atoms with Gasteiger partial charge in [0.25, 0.3) is 0 Å². The van der Waals surface area contributed by atoms with Crippen molar-refractivity contribution in [2.24, 2.45) is 21.2 Å². The van der Waals surface area contributed by atoms with Crippen LogP contribution < -0.4 is 15.8 Å². The van der Waals surface area contributed by atoms with E-state index in [0.717, 1.165) is 0 Å². The van der Waals surface area contributed by atoms with Crippen molar-refractivity contribution in [1.29, 1.82) is 0 Å². The molecule has 8 nitrogen and oxygen atoms in total. The zero-order valence-electron chi connectivity index (χ0n) is 12.9. The van der Waals surface area contributed by atoms with Crippen LogP contribution in [0, 0.1) is 12.3 Å². The van der Waals surface area contributed by atoms with Crippen molar-refractivity contribution in [1.82, 2.24) is 0 Å². The van der Waals surface area contributed by atoms with Crippen molar-refractivity contribution in [2.45, 2.75) is 0 Å². The Bertz CT molecular complexity index is 608. The Morgan fingerprint density at radius 2 is 2.35 bits per heavy atom. The predicted molar refractivity (Wildman–Crippen MR) is 87.9 cm³/mol. The van der Waals surface area contributed by atoms with E-state index in [1.165, 1.54) is 0 Å². The smallest absolute Gasteiger partial charge is 0.152 e. The topological polar surface area (TPSA) is 111 Å². The van der Waals surface area contributed by atoms with Crippen molar-refractivity contribution < 1.29 is 14.3 Å². The third-order valence-electron chi connectivity index (χ3n) is 2.56. The Kier molecular flexibility index (Phi) is 8.48. The summed E-state index contributed by atoms with van der Waals surface area (Å²) >= 11 is 0. The lowest BCUT2D eigenvalue weighted by atomic mass is 10.2. The highest BCUT2D eigenvalue weighted by molar-refractivity contribution is 5.88. The van der Waals surface area contributed by atoms with Gasteiger partial charge in [-0.1, -0.05) is 5.92 Å². The van der Waals surface area contributed by atoms with E-state index in [4.69, 9.17) is 21.6 Å². The first-order chi connectivity index (χ1) is 11.2. The highest BCUT2D eigenvalue weighted by Crippen LogP contribution is 2.20. The standard InChI is InChI=1S/C15H19N5O3/c1-3-7-23-13-4-5-14(12(9-13)11-21)17-10-15(16)19-20-18-6-8-22-2/h1,4-5,9,11,17H,6-8,10H2,2H3,(H2,16,18,19). The maximum absolute atomic E-state index is 11.1. The van der Waals surface area contributed by atoms with Gasteiger partial charge in [-0.2, -0.15) is 5.11 Å². The van der Waals surface area contributed by atoms with Crippen LogP contribution in [0.15, 0.2) is 33.6 Å². The number of nitrogens with zero attached hydrogens (tertiary/aromatic N) is 3. The van der Waals surface area contributed by atoms with Gasteiger partial charge in [0, 0.05) is 18.4 Å². The molecule has 8 heteroatoms. The van der Waals surface area contributed by atoms with Crippen LogP contribution in [0.25, 0.3) is 0 Å². The number of hydrogen-bond acceptors (Lipinski definition) is 6. The average molecular weight is 317 g/mol. The maximum Gasteiger partial charge on any atom is 0.152 e. The number of rotatable bonds is 10. The molecule has 0 aliphatic carbocycles. The molecule has 0 aliphatic rings. The SMILES string of the molecule is C#CCOc1ccc(NC/C(N)=N/N=NCCOC)c(C=O)c1. The Morgan fingerprint density at radius 1 is 1.52 bits per heavy atom. The summed E-state index contributed by atoms with van der Waals surface area (Å²) in [7, 11) is 1.57. The summed E-state index contributed by atoms with van der Waals surface area (Å²) in [6.07, 6.45) is 5.83. The number of nitrogens with one attached hydrogen (secondary N) is 1. The molecule has 1 aromatic carbocycles. The minimum atomic E-state index is 0.138. The van der Waals surface area contributed by atoms with Crippen LogP contribution >= 0.6 is 0 Å². The summed E-state index contributed by atoms with van der Waals surface area (Å²) in [4.78, 5) is 11.1. The Morgan fingerprint density at radius 3 is 3.04 bits per heavy atom. The first kappa shape index (κ1) is 18.1. The normalized spacial score (nSPS) is 11.2. The Balaban J connectivity index is 2.59. The van der Waals surface area contributed by atoms with E-state index in [9.17, 15) is 4.79 Å². The summed E-state index contributed by atoms with van der Waals surface area (Å²) in [6.45, 7) is 1.23. The molecule has 0 unspecified atom stereocenters.